The van der Waals surface area contributed by atoms with Gasteiger partial charge in [0, 0.05) is 12.7 Å². The second-order valence-electron chi connectivity index (χ2n) is 4.26. The first kappa shape index (κ1) is 14.3. The molecule has 1 heterocycles. The molecule has 0 aliphatic heterocycles. The van der Waals surface area contributed by atoms with Crippen molar-refractivity contribution in [3.05, 3.63) is 59.3 Å². The average molecular weight is 282 g/mol. The van der Waals surface area contributed by atoms with Gasteiger partial charge in [-0.25, -0.2) is 4.98 Å². The lowest BCUT2D eigenvalue weighted by atomic mass is 10.1. The van der Waals surface area contributed by atoms with Crippen LogP contribution in [0.5, 0.6) is 0 Å². The molecule has 3 nitrogen and oxygen atoms in total. The first-order valence-corrected chi connectivity index (χ1v) is 5.95. The Bertz CT molecular complexity index is 585. The van der Waals surface area contributed by atoms with Crippen molar-refractivity contribution in [3.8, 4) is 0 Å². The summed E-state index contributed by atoms with van der Waals surface area (Å²) >= 11 is 0. The van der Waals surface area contributed by atoms with Crippen LogP contribution in [0.3, 0.4) is 0 Å². The summed E-state index contributed by atoms with van der Waals surface area (Å²) < 4.78 is 37.6. The summed E-state index contributed by atoms with van der Waals surface area (Å²) in [5.41, 5.74) is 0.871. The minimum Gasteiger partial charge on any atom is -0.392 e. The average Bonchev–Trinajstić information content (AvgIpc) is 2.45. The van der Waals surface area contributed by atoms with Crippen molar-refractivity contribution < 1.29 is 18.3 Å². The van der Waals surface area contributed by atoms with Crippen LogP contribution in [0.1, 0.15) is 16.7 Å². The Morgan fingerprint density at radius 3 is 2.55 bits per heavy atom. The highest BCUT2D eigenvalue weighted by Crippen LogP contribution is 2.29. The number of hydrogen-bond donors (Lipinski definition) is 2. The number of aliphatic hydroxyl groups is 1. The molecule has 20 heavy (non-hydrogen) atoms. The number of pyridine rings is 1. The van der Waals surface area contributed by atoms with E-state index in [2.05, 4.69) is 10.3 Å². The molecule has 2 rings (SSSR count). The maximum Gasteiger partial charge on any atom is 0.416 e. The van der Waals surface area contributed by atoms with Gasteiger partial charge < -0.3 is 10.4 Å². The van der Waals surface area contributed by atoms with E-state index >= 15 is 0 Å². The van der Waals surface area contributed by atoms with Crippen LogP contribution >= 0.6 is 0 Å². The van der Waals surface area contributed by atoms with Gasteiger partial charge in [0.25, 0.3) is 0 Å². The van der Waals surface area contributed by atoms with E-state index in [-0.39, 0.29) is 12.4 Å². The molecule has 1 aromatic heterocycles. The van der Waals surface area contributed by atoms with Gasteiger partial charge in [-0.15, -0.1) is 0 Å². The highest BCUT2D eigenvalue weighted by Gasteiger charge is 2.30. The fourth-order valence-corrected chi connectivity index (χ4v) is 1.73. The molecule has 6 heteroatoms. The molecular weight excluding hydrogens is 269 g/mol. The van der Waals surface area contributed by atoms with Crippen molar-refractivity contribution in [1.82, 2.24) is 4.98 Å². The van der Waals surface area contributed by atoms with Gasteiger partial charge in [0.1, 0.15) is 5.82 Å². The van der Waals surface area contributed by atoms with Crippen LogP contribution in [0, 0.1) is 0 Å². The number of hydrogen-bond acceptors (Lipinski definition) is 3. The summed E-state index contributed by atoms with van der Waals surface area (Å²) in [6, 6.07) is 9.04. The largest absolute Gasteiger partial charge is 0.416 e. The van der Waals surface area contributed by atoms with E-state index in [1.165, 1.54) is 0 Å². The van der Waals surface area contributed by atoms with Crippen LogP contribution in [0.25, 0.3) is 0 Å². The number of benzene rings is 1. The van der Waals surface area contributed by atoms with Gasteiger partial charge in [-0.1, -0.05) is 24.3 Å². The number of alkyl halides is 3. The van der Waals surface area contributed by atoms with Gasteiger partial charge in [0.2, 0.25) is 0 Å². The van der Waals surface area contributed by atoms with E-state index < -0.39 is 11.7 Å². The van der Waals surface area contributed by atoms with Crippen LogP contribution in [0.15, 0.2) is 42.6 Å². The third-order valence-corrected chi connectivity index (χ3v) is 2.73. The van der Waals surface area contributed by atoms with Gasteiger partial charge >= 0.3 is 6.18 Å². The zero-order valence-electron chi connectivity index (χ0n) is 10.5. The van der Waals surface area contributed by atoms with E-state index in [0.29, 0.717) is 6.54 Å². The summed E-state index contributed by atoms with van der Waals surface area (Å²) in [5.74, 6) is 0.161. The smallest absolute Gasteiger partial charge is 0.392 e. The number of nitrogens with zero attached hydrogens (tertiary/aromatic N) is 1. The number of nitrogens with one attached hydrogen (secondary N) is 1. The van der Waals surface area contributed by atoms with E-state index in [9.17, 15) is 13.2 Å². The number of rotatable bonds is 4. The minimum absolute atomic E-state index is 0.0738. The summed E-state index contributed by atoms with van der Waals surface area (Å²) in [5, 5.41) is 11.8. The standard InChI is InChI=1S/C14H13F3N2O/c15-14(16,17)12-4-5-18-13(7-12)19-8-10-2-1-3-11(6-10)9-20/h1-7,20H,8-9H2,(H,18,19). The van der Waals surface area contributed by atoms with Crippen molar-refractivity contribution in [2.24, 2.45) is 0 Å². The monoisotopic (exact) mass is 282 g/mol. The van der Waals surface area contributed by atoms with E-state index in [0.717, 1.165) is 29.5 Å². The summed E-state index contributed by atoms with van der Waals surface area (Å²) in [7, 11) is 0. The maximum absolute atomic E-state index is 12.5. The molecule has 0 aliphatic carbocycles. The fourth-order valence-electron chi connectivity index (χ4n) is 1.73. The highest BCUT2D eigenvalue weighted by atomic mass is 19.4. The first-order chi connectivity index (χ1) is 9.49. The van der Waals surface area contributed by atoms with Crippen LogP contribution < -0.4 is 5.32 Å². The van der Waals surface area contributed by atoms with Crippen LogP contribution in [0.4, 0.5) is 19.0 Å². The van der Waals surface area contributed by atoms with Crippen LogP contribution in [-0.4, -0.2) is 10.1 Å². The normalized spacial score (nSPS) is 11.4. The Kier molecular flexibility index (Phi) is 4.24. The second-order valence-corrected chi connectivity index (χ2v) is 4.26. The highest BCUT2D eigenvalue weighted by molar-refractivity contribution is 5.39. The lowest BCUT2D eigenvalue weighted by Gasteiger charge is -2.10. The third kappa shape index (κ3) is 3.71. The summed E-state index contributed by atoms with van der Waals surface area (Å²) in [4.78, 5) is 3.85. The van der Waals surface area contributed by atoms with Crippen LogP contribution in [0.2, 0.25) is 0 Å². The maximum atomic E-state index is 12.5. The van der Waals surface area contributed by atoms with E-state index in [1.54, 1.807) is 18.2 Å². The summed E-state index contributed by atoms with van der Waals surface area (Å²) in [6.45, 7) is 0.262. The predicted octanol–water partition coefficient (Wildman–Crippen LogP) is 3.20. The molecule has 1 aromatic carbocycles. The lowest BCUT2D eigenvalue weighted by molar-refractivity contribution is -0.137. The van der Waals surface area contributed by atoms with Crippen molar-refractivity contribution in [2.75, 3.05) is 5.32 Å². The molecule has 0 radical (unpaired) electrons. The Morgan fingerprint density at radius 2 is 1.85 bits per heavy atom. The van der Waals surface area contributed by atoms with Gasteiger partial charge in [-0.3, -0.25) is 0 Å². The minimum atomic E-state index is -4.38. The van der Waals surface area contributed by atoms with Gasteiger partial charge in [0.15, 0.2) is 0 Å². The van der Waals surface area contributed by atoms with E-state index in [1.807, 2.05) is 6.07 Å². The first-order valence-electron chi connectivity index (χ1n) is 5.95. The van der Waals surface area contributed by atoms with Crippen molar-refractivity contribution >= 4 is 5.82 Å². The van der Waals surface area contributed by atoms with Crippen molar-refractivity contribution in [3.63, 3.8) is 0 Å². The number of anilines is 1. The molecule has 0 fully saturated rings. The van der Waals surface area contributed by atoms with Gasteiger partial charge in [-0.2, -0.15) is 13.2 Å². The molecule has 2 N–H and O–H groups in total. The van der Waals surface area contributed by atoms with Gasteiger partial charge in [0.05, 0.1) is 12.2 Å². The lowest BCUT2D eigenvalue weighted by Crippen LogP contribution is -2.07. The van der Waals surface area contributed by atoms with Crippen molar-refractivity contribution in [2.45, 2.75) is 19.3 Å². The number of aliphatic hydroxyl groups excluding tert-OH is 1. The Hall–Kier alpha value is -2.08. The van der Waals surface area contributed by atoms with Gasteiger partial charge in [-0.05, 0) is 23.3 Å². The zero-order chi connectivity index (χ0) is 14.6. The molecule has 0 amide bonds. The molecule has 0 atom stereocenters. The Balaban J connectivity index is 2.07. The van der Waals surface area contributed by atoms with E-state index in [4.69, 9.17) is 5.11 Å². The van der Waals surface area contributed by atoms with Crippen molar-refractivity contribution in [1.29, 1.82) is 0 Å². The fraction of sp³-hybridized carbons (Fsp3) is 0.214. The molecule has 0 spiro atoms. The second kappa shape index (κ2) is 5.92. The molecule has 0 saturated carbocycles. The number of halogens is 3. The molecule has 0 aliphatic rings. The zero-order valence-corrected chi connectivity index (χ0v) is 10.5. The van der Waals surface area contributed by atoms with Crippen LogP contribution in [-0.2, 0) is 19.3 Å². The molecule has 0 bridgehead atoms. The Labute approximate surface area is 114 Å². The molecular formula is C14H13F3N2O. The quantitative estimate of drug-likeness (QED) is 0.905. The number of aromatic nitrogens is 1. The molecule has 0 saturated heterocycles. The molecule has 2 aromatic rings. The SMILES string of the molecule is OCc1cccc(CNc2cc(C(F)(F)F)ccn2)c1. The predicted molar refractivity (Wildman–Crippen MR) is 68.9 cm³/mol. The topological polar surface area (TPSA) is 45.1 Å². The molecule has 0 unspecified atom stereocenters. The molecule has 106 valence electrons. The third-order valence-electron chi connectivity index (χ3n) is 2.73. The summed E-state index contributed by atoms with van der Waals surface area (Å²) in [6.07, 6.45) is -3.26. The Morgan fingerprint density at radius 1 is 1.10 bits per heavy atom.